The maximum Gasteiger partial charge on any atom is 0.251 e. The summed E-state index contributed by atoms with van der Waals surface area (Å²) in [5.74, 6) is 1.12. The van der Waals surface area contributed by atoms with Gasteiger partial charge in [0.1, 0.15) is 5.82 Å². The lowest BCUT2D eigenvalue weighted by molar-refractivity contribution is 0.634. The Hall–Kier alpha value is -1.42. The van der Waals surface area contributed by atoms with Crippen molar-refractivity contribution in [3.63, 3.8) is 0 Å². The molecular weight excluding hydrogens is 304 g/mol. The molecule has 1 heterocycles. The average Bonchev–Trinajstić information content (AvgIpc) is 2.31. The van der Waals surface area contributed by atoms with Gasteiger partial charge in [0.15, 0.2) is 0 Å². The van der Waals surface area contributed by atoms with Gasteiger partial charge in [0.2, 0.25) is 0 Å². The maximum absolute atomic E-state index is 11.7. The Morgan fingerprint density at radius 2 is 2.05 bits per heavy atom. The molecule has 0 unspecified atom stereocenters. The van der Waals surface area contributed by atoms with E-state index in [9.17, 15) is 4.79 Å². The molecule has 100 valence electrons. The van der Waals surface area contributed by atoms with Crippen LogP contribution < -0.4 is 5.56 Å². The number of benzene rings is 1. The van der Waals surface area contributed by atoms with Crippen molar-refractivity contribution in [1.82, 2.24) is 9.97 Å². The van der Waals surface area contributed by atoms with Crippen molar-refractivity contribution < 1.29 is 0 Å². The number of H-pyrrole nitrogens is 1. The molecule has 0 radical (unpaired) electrons. The topological polar surface area (TPSA) is 45.8 Å². The van der Waals surface area contributed by atoms with Crippen LogP contribution in [-0.2, 0) is 6.42 Å². The van der Waals surface area contributed by atoms with Crippen LogP contribution in [0.2, 0.25) is 0 Å². The molecule has 1 aromatic carbocycles. The molecule has 0 saturated heterocycles. The van der Waals surface area contributed by atoms with Crippen molar-refractivity contribution in [2.75, 3.05) is 0 Å². The Balaban J connectivity index is 2.46. The third-order valence-corrected chi connectivity index (χ3v) is 3.73. The summed E-state index contributed by atoms with van der Waals surface area (Å²) in [7, 11) is 0. The summed E-state index contributed by atoms with van der Waals surface area (Å²) in [4.78, 5) is 19.1. The van der Waals surface area contributed by atoms with E-state index in [0.29, 0.717) is 11.7 Å². The summed E-state index contributed by atoms with van der Waals surface area (Å²) in [6, 6.07) is 7.52. The third-order valence-electron chi connectivity index (χ3n) is 2.84. The second-order valence-corrected chi connectivity index (χ2v) is 6.00. The Morgan fingerprint density at radius 3 is 2.68 bits per heavy atom. The molecule has 1 aromatic heterocycles. The van der Waals surface area contributed by atoms with Gasteiger partial charge in [-0.3, -0.25) is 4.79 Å². The van der Waals surface area contributed by atoms with E-state index < -0.39 is 0 Å². The first-order valence-electron chi connectivity index (χ1n) is 6.32. The number of aromatic amines is 1. The summed E-state index contributed by atoms with van der Waals surface area (Å²) in [6.45, 7) is 6.25. The van der Waals surface area contributed by atoms with Crippen molar-refractivity contribution in [2.24, 2.45) is 5.92 Å². The molecule has 0 aliphatic carbocycles. The number of halogens is 1. The number of nitrogens with one attached hydrogen (secondary N) is 1. The molecule has 19 heavy (non-hydrogen) atoms. The number of hydrogen-bond acceptors (Lipinski definition) is 2. The van der Waals surface area contributed by atoms with Crippen LogP contribution in [0.5, 0.6) is 0 Å². The van der Waals surface area contributed by atoms with Gasteiger partial charge in [-0.2, -0.15) is 0 Å². The maximum atomic E-state index is 11.7. The highest BCUT2D eigenvalue weighted by molar-refractivity contribution is 9.10. The highest BCUT2D eigenvalue weighted by Crippen LogP contribution is 2.22. The Labute approximate surface area is 121 Å². The highest BCUT2D eigenvalue weighted by atomic mass is 79.9. The van der Waals surface area contributed by atoms with E-state index in [1.807, 2.05) is 25.1 Å². The minimum Gasteiger partial charge on any atom is -0.307 e. The minimum atomic E-state index is -0.0961. The lowest BCUT2D eigenvalue weighted by Crippen LogP contribution is -2.11. The number of aromatic nitrogens is 2. The monoisotopic (exact) mass is 320 g/mol. The van der Waals surface area contributed by atoms with E-state index in [1.165, 1.54) is 0 Å². The number of aryl methyl sites for hydroxylation is 1. The third kappa shape index (κ3) is 3.53. The summed E-state index contributed by atoms with van der Waals surface area (Å²) in [5.41, 5.74) is 2.80. The molecule has 2 rings (SSSR count). The fraction of sp³-hybridized carbons (Fsp3) is 0.333. The van der Waals surface area contributed by atoms with E-state index >= 15 is 0 Å². The van der Waals surface area contributed by atoms with Crippen molar-refractivity contribution in [3.8, 4) is 11.4 Å². The van der Waals surface area contributed by atoms with Crippen LogP contribution in [0.4, 0.5) is 0 Å². The van der Waals surface area contributed by atoms with Gasteiger partial charge < -0.3 is 4.98 Å². The van der Waals surface area contributed by atoms with Gasteiger partial charge in [-0.25, -0.2) is 4.98 Å². The second kappa shape index (κ2) is 5.70. The van der Waals surface area contributed by atoms with Crippen LogP contribution in [0.25, 0.3) is 11.4 Å². The molecular formula is C15H17BrN2O. The molecule has 2 aromatic rings. The van der Waals surface area contributed by atoms with Crippen molar-refractivity contribution in [1.29, 1.82) is 0 Å². The van der Waals surface area contributed by atoms with Gasteiger partial charge in [-0.1, -0.05) is 35.8 Å². The van der Waals surface area contributed by atoms with Gasteiger partial charge in [0.05, 0.1) is 0 Å². The average molecular weight is 321 g/mol. The summed E-state index contributed by atoms with van der Waals surface area (Å²) < 4.78 is 1.05. The molecule has 0 atom stereocenters. The zero-order valence-electron chi connectivity index (χ0n) is 11.3. The molecule has 0 amide bonds. The quantitative estimate of drug-likeness (QED) is 0.937. The first-order valence-corrected chi connectivity index (χ1v) is 7.12. The van der Waals surface area contributed by atoms with Crippen molar-refractivity contribution in [2.45, 2.75) is 27.2 Å². The number of nitrogens with zero attached hydrogens (tertiary/aromatic N) is 1. The fourth-order valence-corrected chi connectivity index (χ4v) is 2.21. The van der Waals surface area contributed by atoms with E-state index in [4.69, 9.17) is 0 Å². The minimum absolute atomic E-state index is 0.0961. The molecule has 0 bridgehead atoms. The standard InChI is InChI=1S/C15H17BrN2O/c1-9(2)6-12-8-14(19)18-15(17-12)11-4-5-13(16)10(3)7-11/h4-5,7-9H,6H2,1-3H3,(H,17,18,19). The second-order valence-electron chi connectivity index (χ2n) is 5.15. The number of hydrogen-bond donors (Lipinski definition) is 1. The van der Waals surface area contributed by atoms with E-state index in [2.05, 4.69) is 39.7 Å². The Kier molecular flexibility index (Phi) is 4.20. The predicted molar refractivity (Wildman–Crippen MR) is 81.3 cm³/mol. The van der Waals surface area contributed by atoms with Crippen molar-refractivity contribution >= 4 is 15.9 Å². The van der Waals surface area contributed by atoms with Gasteiger partial charge in [0, 0.05) is 21.8 Å². The predicted octanol–water partition coefficient (Wildman–Crippen LogP) is 3.71. The number of rotatable bonds is 3. The van der Waals surface area contributed by atoms with Crippen LogP contribution in [0, 0.1) is 12.8 Å². The van der Waals surface area contributed by atoms with Crippen LogP contribution >= 0.6 is 15.9 Å². The van der Waals surface area contributed by atoms with Gasteiger partial charge >= 0.3 is 0 Å². The molecule has 0 aliphatic heterocycles. The van der Waals surface area contributed by atoms with Gasteiger partial charge in [-0.05, 0) is 37.0 Å². The Morgan fingerprint density at radius 1 is 1.32 bits per heavy atom. The Bertz CT molecular complexity index is 647. The summed E-state index contributed by atoms with van der Waals surface area (Å²) in [6.07, 6.45) is 0.812. The molecule has 0 saturated carbocycles. The highest BCUT2D eigenvalue weighted by Gasteiger charge is 2.07. The van der Waals surface area contributed by atoms with Gasteiger partial charge in [0.25, 0.3) is 5.56 Å². The van der Waals surface area contributed by atoms with Crippen molar-refractivity contribution in [3.05, 3.63) is 50.3 Å². The largest absolute Gasteiger partial charge is 0.307 e. The molecule has 0 spiro atoms. The summed E-state index contributed by atoms with van der Waals surface area (Å²) >= 11 is 3.47. The first-order chi connectivity index (χ1) is 8.95. The zero-order chi connectivity index (χ0) is 14.0. The van der Waals surface area contributed by atoms with E-state index in [-0.39, 0.29) is 5.56 Å². The van der Waals surface area contributed by atoms with Crippen LogP contribution in [-0.4, -0.2) is 9.97 Å². The lowest BCUT2D eigenvalue weighted by Gasteiger charge is -2.07. The molecule has 3 nitrogen and oxygen atoms in total. The molecule has 0 aliphatic rings. The smallest absolute Gasteiger partial charge is 0.251 e. The SMILES string of the molecule is Cc1cc(-c2nc(CC(C)C)cc(=O)[nH]2)ccc1Br. The van der Waals surface area contributed by atoms with E-state index in [1.54, 1.807) is 6.07 Å². The zero-order valence-corrected chi connectivity index (χ0v) is 12.9. The molecule has 4 heteroatoms. The van der Waals surface area contributed by atoms with Crippen LogP contribution in [0.3, 0.4) is 0 Å². The van der Waals surface area contributed by atoms with Gasteiger partial charge in [-0.15, -0.1) is 0 Å². The first kappa shape index (κ1) is 14.0. The normalized spacial score (nSPS) is 11.0. The van der Waals surface area contributed by atoms with E-state index in [0.717, 1.165) is 27.7 Å². The molecule has 0 fully saturated rings. The summed E-state index contributed by atoms with van der Waals surface area (Å²) in [5, 5.41) is 0. The van der Waals surface area contributed by atoms with Crippen LogP contribution in [0.15, 0.2) is 33.5 Å². The van der Waals surface area contributed by atoms with Crippen LogP contribution in [0.1, 0.15) is 25.1 Å². The lowest BCUT2D eigenvalue weighted by atomic mass is 10.1. The molecule has 1 N–H and O–H groups in total. The fourth-order valence-electron chi connectivity index (χ4n) is 1.96.